The molecule has 4 atom stereocenters. The minimum absolute atomic E-state index is 0.162. The molecule has 3 fully saturated rings. The van der Waals surface area contributed by atoms with Crippen LogP contribution in [0.4, 0.5) is 17.1 Å². The number of nitro groups is 2. The fourth-order valence-corrected chi connectivity index (χ4v) is 3.82. The van der Waals surface area contributed by atoms with Gasteiger partial charge in [0, 0.05) is 6.07 Å². The zero-order valence-electron chi connectivity index (χ0n) is 12.7. The molecular weight excluding hydrogens is 336 g/mol. The zero-order chi connectivity index (χ0) is 17.9. The van der Waals surface area contributed by atoms with E-state index in [1.165, 1.54) is 0 Å². The normalized spacial score (nSPS) is 29.8. The van der Waals surface area contributed by atoms with Crippen molar-refractivity contribution in [3.8, 4) is 0 Å². The van der Waals surface area contributed by atoms with Crippen molar-refractivity contribution < 1.29 is 24.2 Å². The number of hydrogen-bond acceptors (Lipinski definition) is 8. The molecule has 11 heteroatoms. The molecule has 0 spiro atoms. The predicted octanol–water partition coefficient (Wildman–Crippen LogP) is 0.992. The summed E-state index contributed by atoms with van der Waals surface area (Å²) in [7, 11) is 0. The lowest BCUT2D eigenvalue weighted by atomic mass is 9.81. The van der Waals surface area contributed by atoms with E-state index in [-0.39, 0.29) is 17.9 Å². The summed E-state index contributed by atoms with van der Waals surface area (Å²) in [5.41, 5.74) is 1.26. The van der Waals surface area contributed by atoms with Gasteiger partial charge in [-0.25, -0.2) is 0 Å². The van der Waals surface area contributed by atoms with Gasteiger partial charge in [0.2, 0.25) is 0 Å². The van der Waals surface area contributed by atoms with Gasteiger partial charge in [-0.1, -0.05) is 0 Å². The fourth-order valence-electron chi connectivity index (χ4n) is 3.82. The number of carbonyl (C=O) groups excluding carboxylic acids is 2. The van der Waals surface area contributed by atoms with E-state index in [1.54, 1.807) is 0 Å². The number of benzene rings is 1. The van der Waals surface area contributed by atoms with Gasteiger partial charge in [-0.2, -0.15) is 5.01 Å². The molecule has 1 aromatic rings. The number of nitrogens with one attached hydrogen (secondary N) is 1. The molecule has 3 heterocycles. The van der Waals surface area contributed by atoms with Crippen LogP contribution in [0.1, 0.15) is 12.8 Å². The van der Waals surface area contributed by atoms with Gasteiger partial charge in [0.25, 0.3) is 17.5 Å². The van der Waals surface area contributed by atoms with E-state index in [9.17, 15) is 29.8 Å². The summed E-state index contributed by atoms with van der Waals surface area (Å²) in [6.45, 7) is 0. The van der Waals surface area contributed by atoms with Gasteiger partial charge in [-0.05, 0) is 18.9 Å². The third-order valence-corrected chi connectivity index (χ3v) is 4.91. The van der Waals surface area contributed by atoms with Crippen LogP contribution in [0.15, 0.2) is 18.2 Å². The number of nitro benzene ring substituents is 2. The van der Waals surface area contributed by atoms with Crippen LogP contribution in [0.2, 0.25) is 0 Å². The first-order valence-corrected chi connectivity index (χ1v) is 7.61. The van der Waals surface area contributed by atoms with Crippen molar-refractivity contribution in [3.63, 3.8) is 0 Å². The molecule has 4 unspecified atom stereocenters. The highest BCUT2D eigenvalue weighted by molar-refractivity contribution is 6.07. The Hall–Kier alpha value is -3.08. The highest BCUT2D eigenvalue weighted by atomic mass is 16.6. The largest absolute Gasteiger partial charge is 0.373 e. The standard InChI is InChI=1S/C14H12N4O7/c19-13-11-9-3-4-10(25-9)12(11)14(20)16(13)15-7-2-1-6(17(21)22)5-8(7)18(23)24/h1-2,5,9-12,15H,3-4H2. The van der Waals surface area contributed by atoms with Crippen LogP contribution in [0.25, 0.3) is 0 Å². The number of rotatable bonds is 4. The monoisotopic (exact) mass is 348 g/mol. The van der Waals surface area contributed by atoms with Crippen molar-refractivity contribution in [1.29, 1.82) is 0 Å². The topological polar surface area (TPSA) is 145 Å². The lowest BCUT2D eigenvalue weighted by molar-refractivity contribution is -0.393. The Bertz CT molecular complexity index is 797. The number of nitrogens with zero attached hydrogens (tertiary/aromatic N) is 3. The lowest BCUT2D eigenvalue weighted by Gasteiger charge is -2.19. The molecule has 0 radical (unpaired) electrons. The molecule has 3 aliphatic rings. The third kappa shape index (κ3) is 2.16. The van der Waals surface area contributed by atoms with Crippen molar-refractivity contribution >= 4 is 28.9 Å². The van der Waals surface area contributed by atoms with Crippen LogP contribution in [0.5, 0.6) is 0 Å². The Kier molecular flexibility index (Phi) is 3.22. The predicted molar refractivity (Wildman–Crippen MR) is 80.1 cm³/mol. The fraction of sp³-hybridized carbons (Fsp3) is 0.429. The highest BCUT2D eigenvalue weighted by Gasteiger charge is 2.62. The maximum atomic E-state index is 12.5. The second kappa shape index (κ2) is 5.21. The molecule has 2 bridgehead atoms. The van der Waals surface area contributed by atoms with E-state index in [0.717, 1.165) is 23.2 Å². The van der Waals surface area contributed by atoms with E-state index in [4.69, 9.17) is 4.74 Å². The second-order valence-electron chi connectivity index (χ2n) is 6.18. The molecule has 3 saturated heterocycles. The molecule has 0 aromatic heterocycles. The summed E-state index contributed by atoms with van der Waals surface area (Å²) in [6.07, 6.45) is 0.808. The van der Waals surface area contributed by atoms with E-state index >= 15 is 0 Å². The first-order chi connectivity index (χ1) is 11.9. The van der Waals surface area contributed by atoms with Crippen LogP contribution in [-0.4, -0.2) is 38.9 Å². The van der Waals surface area contributed by atoms with Crippen molar-refractivity contribution in [2.75, 3.05) is 5.43 Å². The van der Waals surface area contributed by atoms with Crippen LogP contribution >= 0.6 is 0 Å². The summed E-state index contributed by atoms with van der Waals surface area (Å²) < 4.78 is 5.60. The number of amides is 2. The Morgan fingerprint density at radius 3 is 2.16 bits per heavy atom. The van der Waals surface area contributed by atoms with E-state index in [1.807, 2.05) is 0 Å². The number of hydrogen-bond donors (Lipinski definition) is 1. The Morgan fingerprint density at radius 2 is 1.64 bits per heavy atom. The maximum absolute atomic E-state index is 12.5. The van der Waals surface area contributed by atoms with Crippen LogP contribution in [0.3, 0.4) is 0 Å². The molecule has 25 heavy (non-hydrogen) atoms. The summed E-state index contributed by atoms with van der Waals surface area (Å²) in [5, 5.41) is 22.7. The van der Waals surface area contributed by atoms with Crippen molar-refractivity contribution in [1.82, 2.24) is 5.01 Å². The summed E-state index contributed by atoms with van der Waals surface area (Å²) >= 11 is 0. The summed E-state index contributed by atoms with van der Waals surface area (Å²) in [4.78, 5) is 45.4. The number of ether oxygens (including phenoxy) is 1. The minimum Gasteiger partial charge on any atom is -0.373 e. The van der Waals surface area contributed by atoms with Crippen LogP contribution in [0, 0.1) is 32.1 Å². The smallest absolute Gasteiger partial charge is 0.300 e. The summed E-state index contributed by atoms with van der Waals surface area (Å²) in [5.74, 6) is -2.13. The SMILES string of the molecule is O=C1C2C3CCC(O3)C2C(=O)N1Nc1ccc([N+](=O)[O-])cc1[N+](=O)[O-]. The quantitative estimate of drug-likeness (QED) is 0.482. The van der Waals surface area contributed by atoms with E-state index < -0.39 is 44.9 Å². The maximum Gasteiger partial charge on any atom is 0.300 e. The molecule has 11 nitrogen and oxygen atoms in total. The van der Waals surface area contributed by atoms with Crippen LogP contribution in [-0.2, 0) is 14.3 Å². The van der Waals surface area contributed by atoms with E-state index in [0.29, 0.717) is 12.8 Å². The van der Waals surface area contributed by atoms with Gasteiger partial charge in [-0.15, -0.1) is 0 Å². The number of carbonyl (C=O) groups is 2. The number of imide groups is 1. The summed E-state index contributed by atoms with van der Waals surface area (Å²) in [6, 6.07) is 2.95. The van der Waals surface area contributed by atoms with Crippen LogP contribution < -0.4 is 5.43 Å². The molecule has 2 amide bonds. The number of anilines is 1. The van der Waals surface area contributed by atoms with Crippen molar-refractivity contribution in [2.24, 2.45) is 11.8 Å². The van der Waals surface area contributed by atoms with Gasteiger partial charge in [0.1, 0.15) is 5.69 Å². The Morgan fingerprint density at radius 1 is 1.04 bits per heavy atom. The lowest BCUT2D eigenvalue weighted by Crippen LogP contribution is -2.39. The molecule has 4 rings (SSSR count). The van der Waals surface area contributed by atoms with Gasteiger partial charge in [-0.3, -0.25) is 35.2 Å². The Labute approximate surface area is 139 Å². The molecule has 1 aromatic carbocycles. The molecule has 0 aliphatic carbocycles. The number of non-ortho nitro benzene ring substituents is 1. The average Bonchev–Trinajstić information content (AvgIpc) is 3.24. The average molecular weight is 348 g/mol. The molecule has 0 saturated carbocycles. The second-order valence-corrected chi connectivity index (χ2v) is 6.18. The molecular formula is C14H12N4O7. The molecule has 3 aliphatic heterocycles. The van der Waals surface area contributed by atoms with Crippen molar-refractivity contribution in [2.45, 2.75) is 25.0 Å². The van der Waals surface area contributed by atoms with Gasteiger partial charge >= 0.3 is 5.69 Å². The third-order valence-electron chi connectivity index (χ3n) is 4.91. The first kappa shape index (κ1) is 15.4. The van der Waals surface area contributed by atoms with E-state index in [2.05, 4.69) is 5.43 Å². The molecule has 1 N–H and O–H groups in total. The Balaban J connectivity index is 1.64. The number of fused-ring (bicyclic) bond motifs is 5. The van der Waals surface area contributed by atoms with Gasteiger partial charge < -0.3 is 4.74 Å². The first-order valence-electron chi connectivity index (χ1n) is 7.61. The zero-order valence-corrected chi connectivity index (χ0v) is 12.7. The van der Waals surface area contributed by atoms with Gasteiger partial charge in [0.05, 0.1) is 40.0 Å². The molecule has 130 valence electrons. The minimum atomic E-state index is -0.812. The van der Waals surface area contributed by atoms with Gasteiger partial charge in [0.15, 0.2) is 0 Å². The van der Waals surface area contributed by atoms with Crippen molar-refractivity contribution in [3.05, 3.63) is 38.4 Å². The number of hydrazine groups is 1. The highest BCUT2D eigenvalue weighted by Crippen LogP contribution is 2.48.